The molecule has 1 saturated heterocycles. The lowest BCUT2D eigenvalue weighted by molar-refractivity contribution is -0.137. The van der Waals surface area contributed by atoms with Crippen LogP contribution in [-0.4, -0.2) is 46.7 Å². The molecule has 1 aliphatic heterocycles. The number of benzene rings is 2. The summed E-state index contributed by atoms with van der Waals surface area (Å²) >= 11 is 3.43. The zero-order valence-corrected chi connectivity index (χ0v) is 21.0. The predicted molar refractivity (Wildman–Crippen MR) is 134 cm³/mol. The molecule has 5 nitrogen and oxygen atoms in total. The summed E-state index contributed by atoms with van der Waals surface area (Å²) in [6.45, 7) is 8.54. The van der Waals surface area contributed by atoms with Crippen molar-refractivity contribution in [2.75, 3.05) is 36.4 Å². The molecule has 0 spiro atoms. The number of alkyl halides is 3. The van der Waals surface area contributed by atoms with Crippen LogP contribution in [0.3, 0.4) is 0 Å². The summed E-state index contributed by atoms with van der Waals surface area (Å²) in [6, 6.07) is 9.83. The number of aromatic nitrogens is 1. The molecule has 0 saturated carbocycles. The zero-order chi connectivity index (χ0) is 24.7. The van der Waals surface area contributed by atoms with E-state index in [1.165, 1.54) is 12.3 Å². The van der Waals surface area contributed by atoms with E-state index in [0.717, 1.165) is 10.5 Å². The van der Waals surface area contributed by atoms with E-state index in [1.807, 2.05) is 23.1 Å². The fourth-order valence-electron chi connectivity index (χ4n) is 4.35. The van der Waals surface area contributed by atoms with Crippen LogP contribution in [0.1, 0.15) is 31.9 Å². The summed E-state index contributed by atoms with van der Waals surface area (Å²) in [5.74, 6) is 0. The molecule has 2 heterocycles. The Morgan fingerprint density at radius 1 is 1.03 bits per heavy atom. The highest BCUT2D eigenvalue weighted by Gasteiger charge is 2.36. The molecule has 9 heteroatoms. The van der Waals surface area contributed by atoms with Crippen LogP contribution in [0.5, 0.6) is 0 Å². The summed E-state index contributed by atoms with van der Waals surface area (Å²) < 4.78 is 43.2. The quantitative estimate of drug-likeness (QED) is 0.417. The molecule has 182 valence electrons. The highest BCUT2D eigenvalue weighted by atomic mass is 79.9. The van der Waals surface area contributed by atoms with Gasteiger partial charge < -0.3 is 15.3 Å². The highest BCUT2D eigenvalue weighted by molar-refractivity contribution is 9.10. The number of piperazine rings is 1. The van der Waals surface area contributed by atoms with Crippen LogP contribution in [0.2, 0.25) is 0 Å². The van der Waals surface area contributed by atoms with Crippen LogP contribution in [-0.2, 0) is 12.8 Å². The van der Waals surface area contributed by atoms with Gasteiger partial charge in [0.25, 0.3) is 0 Å². The minimum atomic E-state index is -4.50. The van der Waals surface area contributed by atoms with Crippen molar-refractivity contribution in [2.45, 2.75) is 39.1 Å². The van der Waals surface area contributed by atoms with E-state index in [1.54, 1.807) is 6.07 Å². The first-order valence-electron chi connectivity index (χ1n) is 11.1. The predicted octanol–water partition coefficient (Wildman–Crippen LogP) is 6.17. The van der Waals surface area contributed by atoms with E-state index in [-0.39, 0.29) is 17.8 Å². The SMILES string of the molecule is CC(C)(C)N1CCN(c2ccc(Nc3c(CO)cnc4ccc(Br)cc34)cc2C(F)(F)F)CC1. The van der Waals surface area contributed by atoms with Gasteiger partial charge >= 0.3 is 6.18 Å². The third-order valence-electron chi connectivity index (χ3n) is 6.22. The number of anilines is 3. The topological polar surface area (TPSA) is 51.6 Å². The molecule has 1 aliphatic rings. The van der Waals surface area contributed by atoms with Gasteiger partial charge in [0, 0.05) is 64.7 Å². The van der Waals surface area contributed by atoms with E-state index in [0.29, 0.717) is 54.0 Å². The molecule has 34 heavy (non-hydrogen) atoms. The van der Waals surface area contributed by atoms with Crippen LogP contribution < -0.4 is 10.2 Å². The van der Waals surface area contributed by atoms with Gasteiger partial charge in [0.2, 0.25) is 0 Å². The first-order chi connectivity index (χ1) is 16.0. The lowest BCUT2D eigenvalue weighted by Gasteiger charge is -2.43. The van der Waals surface area contributed by atoms with E-state index < -0.39 is 11.7 Å². The first-order valence-corrected chi connectivity index (χ1v) is 11.9. The van der Waals surface area contributed by atoms with Crippen LogP contribution >= 0.6 is 15.9 Å². The van der Waals surface area contributed by atoms with Crippen molar-refractivity contribution in [3.8, 4) is 0 Å². The van der Waals surface area contributed by atoms with Crippen molar-refractivity contribution in [3.05, 3.63) is 58.2 Å². The fraction of sp³-hybridized carbons (Fsp3) is 0.400. The summed E-state index contributed by atoms with van der Waals surface area (Å²) in [5, 5.41) is 13.6. The van der Waals surface area contributed by atoms with Gasteiger partial charge in [0.15, 0.2) is 0 Å². The van der Waals surface area contributed by atoms with Crippen LogP contribution in [0.4, 0.5) is 30.2 Å². The number of nitrogens with zero attached hydrogens (tertiary/aromatic N) is 3. The van der Waals surface area contributed by atoms with Crippen molar-refractivity contribution in [2.24, 2.45) is 0 Å². The molecule has 0 bridgehead atoms. The van der Waals surface area contributed by atoms with Gasteiger partial charge in [-0.1, -0.05) is 15.9 Å². The van der Waals surface area contributed by atoms with Crippen molar-refractivity contribution >= 4 is 43.9 Å². The van der Waals surface area contributed by atoms with Gasteiger partial charge in [0.1, 0.15) is 0 Å². The Morgan fingerprint density at radius 3 is 2.35 bits per heavy atom. The second-order valence-electron chi connectivity index (χ2n) is 9.48. The van der Waals surface area contributed by atoms with Crippen molar-refractivity contribution in [1.82, 2.24) is 9.88 Å². The van der Waals surface area contributed by atoms with E-state index >= 15 is 0 Å². The van der Waals surface area contributed by atoms with Gasteiger partial charge in [-0.05, 0) is 57.2 Å². The number of fused-ring (bicyclic) bond motifs is 1. The van der Waals surface area contributed by atoms with E-state index in [9.17, 15) is 18.3 Å². The molecule has 1 fully saturated rings. The molecule has 4 rings (SSSR count). The zero-order valence-electron chi connectivity index (χ0n) is 19.4. The third kappa shape index (κ3) is 5.16. The molecule has 0 amide bonds. The minimum Gasteiger partial charge on any atom is -0.392 e. The maximum atomic E-state index is 14.1. The third-order valence-corrected chi connectivity index (χ3v) is 6.71. The summed E-state index contributed by atoms with van der Waals surface area (Å²) in [6.07, 6.45) is -2.97. The molecule has 0 unspecified atom stereocenters. The van der Waals surface area contributed by atoms with Gasteiger partial charge in [0.05, 0.1) is 23.4 Å². The summed E-state index contributed by atoms with van der Waals surface area (Å²) in [7, 11) is 0. The van der Waals surface area contributed by atoms with Crippen LogP contribution in [0.25, 0.3) is 10.9 Å². The second kappa shape index (κ2) is 9.36. The van der Waals surface area contributed by atoms with Gasteiger partial charge in [-0.3, -0.25) is 9.88 Å². The van der Waals surface area contributed by atoms with E-state index in [4.69, 9.17) is 0 Å². The number of hydrogen-bond acceptors (Lipinski definition) is 5. The Kier molecular flexibility index (Phi) is 6.81. The summed E-state index contributed by atoms with van der Waals surface area (Å²) in [5.41, 5.74) is 1.51. The molecular formula is C25H28BrF3N4O. The number of rotatable bonds is 4. The summed E-state index contributed by atoms with van der Waals surface area (Å²) in [4.78, 5) is 8.44. The Hall–Kier alpha value is -2.36. The molecular weight excluding hydrogens is 509 g/mol. The second-order valence-corrected chi connectivity index (χ2v) is 10.4. The van der Waals surface area contributed by atoms with Gasteiger partial charge in [-0.25, -0.2) is 0 Å². The van der Waals surface area contributed by atoms with Crippen LogP contribution in [0, 0.1) is 0 Å². The fourth-order valence-corrected chi connectivity index (χ4v) is 4.71. The molecule has 2 N–H and O–H groups in total. The lowest BCUT2D eigenvalue weighted by atomic mass is 10.0. The number of pyridine rings is 1. The number of aliphatic hydroxyl groups excluding tert-OH is 1. The average Bonchev–Trinajstić information content (AvgIpc) is 2.78. The monoisotopic (exact) mass is 536 g/mol. The Balaban J connectivity index is 1.69. The number of halogens is 4. The first kappa shape index (κ1) is 24.8. The standard InChI is InChI=1S/C25H28BrF3N4O/c1-24(2,3)33-10-8-32(9-11-33)22-7-5-18(13-20(22)25(27,28)29)31-23-16(15-34)14-30-21-6-4-17(26)12-19(21)23/h4-7,12-14,34H,8-11,15H2,1-3H3,(H,30,31). The van der Waals surface area contributed by atoms with Crippen molar-refractivity contribution < 1.29 is 18.3 Å². The number of nitrogens with one attached hydrogen (secondary N) is 1. The number of aliphatic hydroxyl groups is 1. The largest absolute Gasteiger partial charge is 0.418 e. The molecule has 0 aliphatic carbocycles. The Bertz CT molecular complexity index is 1190. The molecule has 2 aromatic carbocycles. The Morgan fingerprint density at radius 2 is 1.74 bits per heavy atom. The van der Waals surface area contributed by atoms with Gasteiger partial charge in [-0.15, -0.1) is 0 Å². The van der Waals surface area contributed by atoms with Crippen molar-refractivity contribution in [1.29, 1.82) is 0 Å². The van der Waals surface area contributed by atoms with Crippen molar-refractivity contribution in [3.63, 3.8) is 0 Å². The Labute approximate surface area is 205 Å². The highest BCUT2D eigenvalue weighted by Crippen LogP contribution is 2.40. The maximum Gasteiger partial charge on any atom is 0.418 e. The van der Waals surface area contributed by atoms with Crippen LogP contribution in [0.15, 0.2) is 47.1 Å². The maximum absolute atomic E-state index is 14.1. The smallest absolute Gasteiger partial charge is 0.392 e. The normalized spacial score (nSPS) is 15.7. The molecule has 1 aromatic heterocycles. The average molecular weight is 537 g/mol. The van der Waals surface area contributed by atoms with E-state index in [2.05, 4.69) is 51.9 Å². The van der Waals surface area contributed by atoms with Gasteiger partial charge in [-0.2, -0.15) is 13.2 Å². The molecule has 0 radical (unpaired) electrons. The molecule has 3 aromatic rings. The molecule has 0 atom stereocenters. The minimum absolute atomic E-state index is 0.0144. The lowest BCUT2D eigenvalue weighted by Crippen LogP contribution is -2.53. The number of hydrogen-bond donors (Lipinski definition) is 2.